The molecule has 2 rings (SSSR count). The summed E-state index contributed by atoms with van der Waals surface area (Å²) in [6, 6.07) is 7.81. The number of aromatic amines is 1. The minimum absolute atomic E-state index is 0.213. The first kappa shape index (κ1) is 12.6. The predicted molar refractivity (Wildman–Crippen MR) is 76.6 cm³/mol. The Kier molecular flexibility index (Phi) is 3.66. The average Bonchev–Trinajstić information content (AvgIpc) is 2.35. The van der Waals surface area contributed by atoms with Crippen molar-refractivity contribution in [1.82, 2.24) is 9.97 Å². The topological polar surface area (TPSA) is 61.0 Å². The molecule has 5 nitrogen and oxygen atoms in total. The van der Waals surface area contributed by atoms with Gasteiger partial charge in [0.15, 0.2) is 5.82 Å². The van der Waals surface area contributed by atoms with Gasteiger partial charge in [-0.2, -0.15) is 0 Å². The molecule has 0 aliphatic rings. The Bertz CT molecular complexity index is 609. The molecule has 0 saturated carbocycles. The first-order chi connectivity index (χ1) is 8.59. The van der Waals surface area contributed by atoms with Crippen molar-refractivity contribution in [1.29, 1.82) is 0 Å². The Balaban J connectivity index is 2.40. The summed E-state index contributed by atoms with van der Waals surface area (Å²) in [5.74, 6) is 0.494. The molecule has 0 aliphatic carbocycles. The minimum Gasteiger partial charge on any atom is -0.376 e. The fraction of sp³-hybridized carbons (Fsp3) is 0.167. The van der Waals surface area contributed by atoms with Gasteiger partial charge >= 0.3 is 0 Å². The zero-order valence-corrected chi connectivity index (χ0v) is 11.7. The van der Waals surface area contributed by atoms with Gasteiger partial charge in [0.2, 0.25) is 0 Å². The lowest BCUT2D eigenvalue weighted by Crippen LogP contribution is -2.13. The Labute approximate surface area is 113 Å². The lowest BCUT2D eigenvalue weighted by molar-refractivity contribution is 1.09. The molecule has 1 heterocycles. The highest BCUT2D eigenvalue weighted by Gasteiger charge is 2.08. The van der Waals surface area contributed by atoms with Crippen molar-refractivity contribution in [3.63, 3.8) is 0 Å². The Morgan fingerprint density at radius 1 is 1.33 bits per heavy atom. The van der Waals surface area contributed by atoms with E-state index in [1.165, 1.54) is 6.33 Å². The summed E-state index contributed by atoms with van der Waals surface area (Å²) in [5.41, 5.74) is 1.70. The van der Waals surface area contributed by atoms with Gasteiger partial charge in [-0.15, -0.1) is 0 Å². The van der Waals surface area contributed by atoms with Crippen LogP contribution in [-0.2, 0) is 0 Å². The monoisotopic (exact) mass is 308 g/mol. The third-order valence-electron chi connectivity index (χ3n) is 2.44. The fourth-order valence-corrected chi connectivity index (χ4v) is 1.88. The summed E-state index contributed by atoms with van der Waals surface area (Å²) in [6.07, 6.45) is 1.37. The zero-order valence-electron chi connectivity index (χ0n) is 10.1. The fourth-order valence-electron chi connectivity index (χ4n) is 1.57. The third kappa shape index (κ3) is 2.53. The summed E-state index contributed by atoms with van der Waals surface area (Å²) >= 11 is 3.22. The third-order valence-corrected chi connectivity index (χ3v) is 3.17. The van der Waals surface area contributed by atoms with E-state index in [9.17, 15) is 4.79 Å². The molecule has 2 aromatic rings. The molecule has 0 saturated heterocycles. The van der Waals surface area contributed by atoms with Gasteiger partial charge < -0.3 is 15.2 Å². The molecular formula is C12H13BrN4O. The van der Waals surface area contributed by atoms with E-state index in [0.717, 1.165) is 11.4 Å². The molecule has 0 spiro atoms. The molecule has 0 radical (unpaired) electrons. The summed E-state index contributed by atoms with van der Waals surface area (Å²) in [4.78, 5) is 20.0. The summed E-state index contributed by atoms with van der Waals surface area (Å²) < 4.78 is 0.388. The summed E-state index contributed by atoms with van der Waals surface area (Å²) in [5, 5.41) is 3.14. The number of benzene rings is 1. The SMILES string of the molecule is CN(C)c1ccccc1Nc1nc[nH]c(=O)c1Br. The number of halogens is 1. The maximum Gasteiger partial charge on any atom is 0.267 e. The van der Waals surface area contributed by atoms with Gasteiger partial charge in [0, 0.05) is 14.1 Å². The molecule has 6 heteroatoms. The van der Waals surface area contributed by atoms with Crippen LogP contribution in [0.2, 0.25) is 0 Å². The van der Waals surface area contributed by atoms with E-state index in [-0.39, 0.29) is 5.56 Å². The molecule has 2 N–H and O–H groups in total. The average molecular weight is 309 g/mol. The molecule has 1 aromatic heterocycles. The largest absolute Gasteiger partial charge is 0.376 e. The molecule has 1 aromatic carbocycles. The lowest BCUT2D eigenvalue weighted by Gasteiger charge is -2.18. The Morgan fingerprint density at radius 3 is 2.78 bits per heavy atom. The molecule has 0 bridgehead atoms. The summed E-state index contributed by atoms with van der Waals surface area (Å²) in [6.45, 7) is 0. The van der Waals surface area contributed by atoms with Gasteiger partial charge in [-0.1, -0.05) is 12.1 Å². The zero-order chi connectivity index (χ0) is 13.1. The van der Waals surface area contributed by atoms with E-state index in [0.29, 0.717) is 10.3 Å². The lowest BCUT2D eigenvalue weighted by atomic mass is 10.2. The second kappa shape index (κ2) is 5.22. The highest BCUT2D eigenvalue weighted by Crippen LogP contribution is 2.27. The number of H-pyrrole nitrogens is 1. The Hall–Kier alpha value is -1.82. The van der Waals surface area contributed by atoms with Gasteiger partial charge in [-0.05, 0) is 28.1 Å². The molecule has 0 aliphatic heterocycles. The first-order valence-electron chi connectivity index (χ1n) is 5.36. The van der Waals surface area contributed by atoms with Crippen LogP contribution in [0, 0.1) is 0 Å². The van der Waals surface area contributed by atoms with Crippen LogP contribution in [0.15, 0.2) is 39.9 Å². The van der Waals surface area contributed by atoms with Crippen LogP contribution in [0.4, 0.5) is 17.2 Å². The normalized spacial score (nSPS) is 10.2. The van der Waals surface area contributed by atoms with Crippen molar-refractivity contribution in [3.8, 4) is 0 Å². The number of aromatic nitrogens is 2. The van der Waals surface area contributed by atoms with Gasteiger partial charge in [-0.25, -0.2) is 4.98 Å². The van der Waals surface area contributed by atoms with Crippen LogP contribution in [-0.4, -0.2) is 24.1 Å². The van der Waals surface area contributed by atoms with E-state index in [1.807, 2.05) is 43.3 Å². The van der Waals surface area contributed by atoms with Gasteiger partial charge in [0.25, 0.3) is 5.56 Å². The number of hydrogen-bond acceptors (Lipinski definition) is 4. The van der Waals surface area contributed by atoms with Crippen molar-refractivity contribution >= 4 is 33.1 Å². The quantitative estimate of drug-likeness (QED) is 0.913. The number of nitrogens with zero attached hydrogens (tertiary/aromatic N) is 2. The number of anilines is 3. The maximum absolute atomic E-state index is 11.5. The molecule has 0 fully saturated rings. The number of rotatable bonds is 3. The second-order valence-corrected chi connectivity index (χ2v) is 4.72. The van der Waals surface area contributed by atoms with Gasteiger partial charge in [0.05, 0.1) is 17.7 Å². The van der Waals surface area contributed by atoms with E-state index in [2.05, 4.69) is 31.2 Å². The van der Waals surface area contributed by atoms with Crippen molar-refractivity contribution < 1.29 is 0 Å². The molecule has 0 amide bonds. The minimum atomic E-state index is -0.213. The Morgan fingerprint density at radius 2 is 2.06 bits per heavy atom. The van der Waals surface area contributed by atoms with Crippen molar-refractivity contribution in [2.45, 2.75) is 0 Å². The van der Waals surface area contributed by atoms with E-state index in [1.54, 1.807) is 0 Å². The molecule has 94 valence electrons. The molecule has 0 unspecified atom stereocenters. The smallest absolute Gasteiger partial charge is 0.267 e. The predicted octanol–water partition coefficient (Wildman–Crippen LogP) is 2.34. The van der Waals surface area contributed by atoms with Crippen molar-refractivity contribution in [2.75, 3.05) is 24.3 Å². The van der Waals surface area contributed by atoms with Crippen molar-refractivity contribution in [3.05, 3.63) is 45.4 Å². The highest BCUT2D eigenvalue weighted by atomic mass is 79.9. The van der Waals surface area contributed by atoms with Crippen LogP contribution in [0.1, 0.15) is 0 Å². The number of nitrogens with one attached hydrogen (secondary N) is 2. The van der Waals surface area contributed by atoms with E-state index < -0.39 is 0 Å². The number of para-hydroxylation sites is 2. The van der Waals surface area contributed by atoms with Gasteiger partial charge in [-0.3, -0.25) is 4.79 Å². The van der Waals surface area contributed by atoms with Crippen LogP contribution in [0.25, 0.3) is 0 Å². The maximum atomic E-state index is 11.5. The van der Waals surface area contributed by atoms with Crippen LogP contribution in [0.3, 0.4) is 0 Å². The van der Waals surface area contributed by atoms with E-state index in [4.69, 9.17) is 0 Å². The highest BCUT2D eigenvalue weighted by molar-refractivity contribution is 9.10. The standard InChI is InChI=1S/C12H13BrN4O/c1-17(2)9-6-4-3-5-8(9)16-11-10(13)12(18)15-7-14-11/h3-7H,1-2H3,(H2,14,15,16,18). The van der Waals surface area contributed by atoms with Crippen LogP contribution < -0.4 is 15.8 Å². The van der Waals surface area contributed by atoms with Gasteiger partial charge in [0.1, 0.15) is 4.47 Å². The number of hydrogen-bond donors (Lipinski definition) is 2. The second-order valence-electron chi connectivity index (χ2n) is 3.93. The summed E-state index contributed by atoms with van der Waals surface area (Å²) in [7, 11) is 3.92. The molecular weight excluding hydrogens is 296 g/mol. The first-order valence-corrected chi connectivity index (χ1v) is 6.15. The van der Waals surface area contributed by atoms with Crippen molar-refractivity contribution in [2.24, 2.45) is 0 Å². The van der Waals surface area contributed by atoms with Crippen LogP contribution >= 0.6 is 15.9 Å². The molecule has 0 atom stereocenters. The van der Waals surface area contributed by atoms with E-state index >= 15 is 0 Å². The van der Waals surface area contributed by atoms with Crippen LogP contribution in [0.5, 0.6) is 0 Å². The molecule has 18 heavy (non-hydrogen) atoms.